The Balaban J connectivity index is 1.86. The van der Waals surface area contributed by atoms with Gasteiger partial charge in [0.25, 0.3) is 0 Å². The van der Waals surface area contributed by atoms with Crippen LogP contribution < -0.4 is 5.32 Å². The van der Waals surface area contributed by atoms with Crippen LogP contribution >= 0.6 is 0 Å². The molecule has 4 nitrogen and oxygen atoms in total. The van der Waals surface area contributed by atoms with E-state index in [9.17, 15) is 9.59 Å². The lowest BCUT2D eigenvalue weighted by molar-refractivity contribution is -0.131. The first-order chi connectivity index (χ1) is 9.70. The number of hydrogen-bond acceptors (Lipinski definition) is 2. The summed E-state index contributed by atoms with van der Waals surface area (Å²) in [6.45, 7) is 1.30. The molecule has 1 heterocycles. The van der Waals surface area contributed by atoms with Crippen molar-refractivity contribution in [1.82, 2.24) is 10.2 Å². The lowest BCUT2D eigenvalue weighted by Crippen LogP contribution is -2.41. The Morgan fingerprint density at radius 2 is 1.85 bits per heavy atom. The van der Waals surface area contributed by atoms with Crippen LogP contribution in [-0.2, 0) is 9.59 Å². The zero-order valence-electron chi connectivity index (χ0n) is 11.7. The van der Waals surface area contributed by atoms with Gasteiger partial charge >= 0.3 is 0 Å². The van der Waals surface area contributed by atoms with E-state index in [1.807, 2.05) is 36.4 Å². The molecule has 0 atom stereocenters. The van der Waals surface area contributed by atoms with Crippen molar-refractivity contribution in [2.75, 3.05) is 20.1 Å². The van der Waals surface area contributed by atoms with Crippen molar-refractivity contribution >= 4 is 17.9 Å². The Labute approximate surface area is 119 Å². The first-order valence-corrected chi connectivity index (χ1v) is 6.94. The maximum Gasteiger partial charge on any atom is 0.246 e. The molecule has 4 heteroatoms. The Hall–Kier alpha value is -2.10. The van der Waals surface area contributed by atoms with E-state index < -0.39 is 0 Å². The minimum atomic E-state index is 0.0178. The van der Waals surface area contributed by atoms with Crippen molar-refractivity contribution < 1.29 is 9.59 Å². The summed E-state index contributed by atoms with van der Waals surface area (Å²) in [5.41, 5.74) is 1.01. The van der Waals surface area contributed by atoms with Gasteiger partial charge in [-0.1, -0.05) is 30.3 Å². The van der Waals surface area contributed by atoms with Crippen molar-refractivity contribution in [1.29, 1.82) is 0 Å². The first-order valence-electron chi connectivity index (χ1n) is 6.94. The number of carbonyl (C=O) groups is 2. The fourth-order valence-corrected chi connectivity index (χ4v) is 2.40. The van der Waals surface area contributed by atoms with Crippen LogP contribution in [0.5, 0.6) is 0 Å². The third kappa shape index (κ3) is 3.70. The molecule has 1 saturated heterocycles. The van der Waals surface area contributed by atoms with E-state index in [-0.39, 0.29) is 17.7 Å². The second-order valence-corrected chi connectivity index (χ2v) is 4.96. The monoisotopic (exact) mass is 272 g/mol. The van der Waals surface area contributed by atoms with Gasteiger partial charge in [-0.3, -0.25) is 9.59 Å². The van der Waals surface area contributed by atoms with Crippen LogP contribution in [0.15, 0.2) is 36.4 Å². The number of amides is 2. The van der Waals surface area contributed by atoms with Crippen molar-refractivity contribution in [2.24, 2.45) is 5.92 Å². The highest BCUT2D eigenvalue weighted by molar-refractivity contribution is 5.92. The van der Waals surface area contributed by atoms with Gasteiger partial charge in [0.2, 0.25) is 11.8 Å². The van der Waals surface area contributed by atoms with E-state index in [0.29, 0.717) is 13.1 Å². The summed E-state index contributed by atoms with van der Waals surface area (Å²) in [4.78, 5) is 25.4. The maximum absolute atomic E-state index is 12.1. The van der Waals surface area contributed by atoms with Gasteiger partial charge < -0.3 is 10.2 Å². The zero-order chi connectivity index (χ0) is 14.4. The summed E-state index contributed by atoms with van der Waals surface area (Å²) >= 11 is 0. The largest absolute Gasteiger partial charge is 0.359 e. The topological polar surface area (TPSA) is 49.4 Å². The number of rotatable bonds is 3. The smallest absolute Gasteiger partial charge is 0.246 e. The van der Waals surface area contributed by atoms with Gasteiger partial charge in [-0.15, -0.1) is 0 Å². The molecule has 0 radical (unpaired) electrons. The third-order valence-corrected chi connectivity index (χ3v) is 3.64. The van der Waals surface area contributed by atoms with Crippen molar-refractivity contribution in [3.8, 4) is 0 Å². The highest BCUT2D eigenvalue weighted by atomic mass is 16.2. The van der Waals surface area contributed by atoms with Crippen LogP contribution in [0, 0.1) is 5.92 Å². The molecule has 1 aromatic carbocycles. The molecule has 1 aromatic rings. The third-order valence-electron chi connectivity index (χ3n) is 3.64. The summed E-state index contributed by atoms with van der Waals surface area (Å²) in [6.07, 6.45) is 4.91. The lowest BCUT2D eigenvalue weighted by Gasteiger charge is -2.30. The number of nitrogens with one attached hydrogen (secondary N) is 1. The second-order valence-electron chi connectivity index (χ2n) is 4.96. The Kier molecular flexibility index (Phi) is 4.93. The Bertz CT molecular complexity index is 488. The fourth-order valence-electron chi connectivity index (χ4n) is 2.40. The predicted octanol–water partition coefficient (Wildman–Crippen LogP) is 1.68. The molecular formula is C16H20N2O2. The van der Waals surface area contributed by atoms with Crippen molar-refractivity contribution in [3.63, 3.8) is 0 Å². The number of benzene rings is 1. The van der Waals surface area contributed by atoms with E-state index in [2.05, 4.69) is 5.32 Å². The molecule has 20 heavy (non-hydrogen) atoms. The Morgan fingerprint density at radius 1 is 1.20 bits per heavy atom. The average molecular weight is 272 g/mol. The van der Waals surface area contributed by atoms with Crippen LogP contribution in [0.2, 0.25) is 0 Å². The van der Waals surface area contributed by atoms with Gasteiger partial charge in [0.1, 0.15) is 0 Å². The van der Waals surface area contributed by atoms with E-state index in [1.165, 1.54) is 0 Å². The minimum Gasteiger partial charge on any atom is -0.359 e. The molecule has 0 bridgehead atoms. The molecule has 0 spiro atoms. The molecule has 1 N–H and O–H groups in total. The van der Waals surface area contributed by atoms with E-state index in [1.54, 1.807) is 18.0 Å². The van der Waals surface area contributed by atoms with Gasteiger partial charge in [-0.25, -0.2) is 0 Å². The highest BCUT2D eigenvalue weighted by Crippen LogP contribution is 2.17. The number of likely N-dealkylation sites (tertiary alicyclic amines) is 1. The number of nitrogens with zero attached hydrogens (tertiary/aromatic N) is 1. The Morgan fingerprint density at radius 3 is 2.45 bits per heavy atom. The molecule has 1 aliphatic heterocycles. The number of piperidine rings is 1. The highest BCUT2D eigenvalue weighted by Gasteiger charge is 2.25. The SMILES string of the molecule is CNC(=O)C1CCN(C(=O)C=Cc2ccccc2)CC1. The molecule has 2 amide bonds. The normalized spacial score (nSPS) is 16.4. The van der Waals surface area contributed by atoms with E-state index >= 15 is 0 Å². The summed E-state index contributed by atoms with van der Waals surface area (Å²) in [6, 6.07) is 9.75. The quantitative estimate of drug-likeness (QED) is 0.851. The van der Waals surface area contributed by atoms with Crippen LogP contribution in [0.3, 0.4) is 0 Å². The van der Waals surface area contributed by atoms with Gasteiger partial charge in [0, 0.05) is 32.1 Å². The second kappa shape index (κ2) is 6.89. The van der Waals surface area contributed by atoms with Crippen LogP contribution in [0.25, 0.3) is 6.08 Å². The van der Waals surface area contributed by atoms with E-state index in [0.717, 1.165) is 18.4 Å². The first kappa shape index (κ1) is 14.3. The van der Waals surface area contributed by atoms with Gasteiger partial charge in [0.15, 0.2) is 0 Å². The molecule has 106 valence electrons. The summed E-state index contributed by atoms with van der Waals surface area (Å²) in [5, 5.41) is 2.67. The minimum absolute atomic E-state index is 0.0178. The van der Waals surface area contributed by atoms with E-state index in [4.69, 9.17) is 0 Å². The zero-order valence-corrected chi connectivity index (χ0v) is 11.7. The standard InChI is InChI=1S/C16H20N2O2/c1-17-16(20)14-9-11-18(12-10-14)15(19)8-7-13-5-3-2-4-6-13/h2-8,14H,9-12H2,1H3,(H,17,20). The average Bonchev–Trinajstić information content (AvgIpc) is 2.53. The summed E-state index contributed by atoms with van der Waals surface area (Å²) in [5.74, 6) is 0.142. The van der Waals surface area contributed by atoms with Crippen LogP contribution in [-0.4, -0.2) is 36.9 Å². The molecule has 0 unspecified atom stereocenters. The summed E-state index contributed by atoms with van der Waals surface area (Å²) < 4.78 is 0. The van der Waals surface area contributed by atoms with Gasteiger partial charge in [-0.05, 0) is 24.5 Å². The molecule has 0 aliphatic carbocycles. The lowest BCUT2D eigenvalue weighted by atomic mass is 9.96. The van der Waals surface area contributed by atoms with Crippen molar-refractivity contribution in [2.45, 2.75) is 12.8 Å². The van der Waals surface area contributed by atoms with Gasteiger partial charge in [-0.2, -0.15) is 0 Å². The molecular weight excluding hydrogens is 252 g/mol. The fraction of sp³-hybridized carbons (Fsp3) is 0.375. The van der Waals surface area contributed by atoms with Gasteiger partial charge in [0.05, 0.1) is 0 Å². The van der Waals surface area contributed by atoms with Crippen LogP contribution in [0.4, 0.5) is 0 Å². The number of hydrogen-bond donors (Lipinski definition) is 1. The molecule has 0 aromatic heterocycles. The number of carbonyl (C=O) groups excluding carboxylic acids is 2. The maximum atomic E-state index is 12.1. The molecule has 0 saturated carbocycles. The predicted molar refractivity (Wildman–Crippen MR) is 78.8 cm³/mol. The molecule has 2 rings (SSSR count). The molecule has 1 aliphatic rings. The van der Waals surface area contributed by atoms with Crippen LogP contribution in [0.1, 0.15) is 18.4 Å². The molecule has 1 fully saturated rings. The van der Waals surface area contributed by atoms with Crippen molar-refractivity contribution in [3.05, 3.63) is 42.0 Å². The summed E-state index contributed by atoms with van der Waals surface area (Å²) in [7, 11) is 1.66.